The summed E-state index contributed by atoms with van der Waals surface area (Å²) in [4.78, 5) is 2.77. The number of hydrogen-bond acceptors (Lipinski definition) is 3. The summed E-state index contributed by atoms with van der Waals surface area (Å²) < 4.78 is 2.13. The van der Waals surface area contributed by atoms with Gasteiger partial charge in [0.05, 0.1) is 5.69 Å². The molecule has 1 N–H and O–H groups in total. The number of nitrogens with one attached hydrogen (secondary N) is 1. The van der Waals surface area contributed by atoms with E-state index in [0.717, 1.165) is 19.4 Å². The predicted molar refractivity (Wildman–Crippen MR) is 81.8 cm³/mol. The average molecular weight is 277 g/mol. The fourth-order valence-electron chi connectivity index (χ4n) is 2.32. The Bertz CT molecular complexity index is 527. The van der Waals surface area contributed by atoms with Crippen LogP contribution < -0.4 is 5.32 Å². The average Bonchev–Trinajstić information content (AvgIpc) is 3.01. The number of aromatic nitrogens is 2. The van der Waals surface area contributed by atoms with E-state index in [1.165, 1.54) is 21.1 Å². The Balaban J connectivity index is 2.20. The van der Waals surface area contributed by atoms with E-state index in [2.05, 4.69) is 54.1 Å². The third kappa shape index (κ3) is 3.25. The Kier molecular flexibility index (Phi) is 4.77. The normalized spacial score (nSPS) is 12.8. The van der Waals surface area contributed by atoms with Gasteiger partial charge in [-0.3, -0.25) is 4.68 Å². The van der Waals surface area contributed by atoms with Crippen LogP contribution in [0.15, 0.2) is 18.2 Å². The van der Waals surface area contributed by atoms with E-state index in [0.29, 0.717) is 6.04 Å². The first-order valence-electron chi connectivity index (χ1n) is 6.97. The van der Waals surface area contributed by atoms with Crippen molar-refractivity contribution in [2.45, 2.75) is 46.2 Å². The highest BCUT2D eigenvalue weighted by molar-refractivity contribution is 7.12. The first-order chi connectivity index (χ1) is 9.17. The van der Waals surface area contributed by atoms with Crippen LogP contribution >= 0.6 is 11.3 Å². The zero-order chi connectivity index (χ0) is 13.8. The van der Waals surface area contributed by atoms with E-state index in [9.17, 15) is 0 Å². The Labute approximate surface area is 119 Å². The summed E-state index contributed by atoms with van der Waals surface area (Å²) in [5.41, 5.74) is 2.51. The molecule has 0 amide bonds. The maximum atomic E-state index is 4.63. The summed E-state index contributed by atoms with van der Waals surface area (Å²) >= 11 is 1.87. The standard InChI is InChI=1S/C15H23N3S/c1-5-12-9-13(18(6-2)17-12)10-14(16-4)15-8-7-11(3)19-15/h7-9,14,16H,5-6,10H2,1-4H3. The minimum atomic E-state index is 0.380. The molecule has 2 aromatic rings. The molecule has 0 spiro atoms. The molecule has 0 radical (unpaired) electrons. The highest BCUT2D eigenvalue weighted by atomic mass is 32.1. The highest BCUT2D eigenvalue weighted by Crippen LogP contribution is 2.25. The molecule has 0 aliphatic rings. The largest absolute Gasteiger partial charge is 0.312 e. The van der Waals surface area contributed by atoms with Crippen LogP contribution in [0, 0.1) is 6.92 Å². The summed E-state index contributed by atoms with van der Waals surface area (Å²) in [6.45, 7) is 7.41. The van der Waals surface area contributed by atoms with Gasteiger partial charge >= 0.3 is 0 Å². The number of rotatable bonds is 6. The van der Waals surface area contributed by atoms with Crippen molar-refractivity contribution in [3.8, 4) is 0 Å². The van der Waals surface area contributed by atoms with Gasteiger partial charge in [0.1, 0.15) is 0 Å². The number of thiophene rings is 1. The van der Waals surface area contributed by atoms with Crippen LogP contribution in [-0.2, 0) is 19.4 Å². The lowest BCUT2D eigenvalue weighted by molar-refractivity contribution is 0.546. The Morgan fingerprint density at radius 1 is 1.37 bits per heavy atom. The quantitative estimate of drug-likeness (QED) is 0.877. The molecular formula is C15H23N3S. The van der Waals surface area contributed by atoms with E-state index in [-0.39, 0.29) is 0 Å². The van der Waals surface area contributed by atoms with Crippen molar-refractivity contribution in [3.63, 3.8) is 0 Å². The van der Waals surface area contributed by atoms with Crippen molar-refractivity contribution in [1.29, 1.82) is 0 Å². The first kappa shape index (κ1) is 14.3. The number of likely N-dealkylation sites (N-methyl/N-ethyl adjacent to an activating group) is 1. The molecule has 1 unspecified atom stereocenters. The number of hydrogen-bond donors (Lipinski definition) is 1. The summed E-state index contributed by atoms with van der Waals surface area (Å²) in [6, 6.07) is 7.05. The van der Waals surface area contributed by atoms with E-state index < -0.39 is 0 Å². The molecule has 0 fully saturated rings. The molecule has 0 bridgehead atoms. The second-order valence-corrected chi connectivity index (χ2v) is 6.11. The van der Waals surface area contributed by atoms with E-state index in [1.807, 2.05) is 18.4 Å². The molecule has 3 nitrogen and oxygen atoms in total. The molecule has 104 valence electrons. The van der Waals surface area contributed by atoms with Gasteiger partial charge in [0.25, 0.3) is 0 Å². The van der Waals surface area contributed by atoms with Crippen LogP contribution in [0.25, 0.3) is 0 Å². The molecule has 2 heterocycles. The summed E-state index contributed by atoms with van der Waals surface area (Å²) in [7, 11) is 2.03. The van der Waals surface area contributed by atoms with Crippen LogP contribution in [0.4, 0.5) is 0 Å². The monoisotopic (exact) mass is 277 g/mol. The van der Waals surface area contributed by atoms with E-state index >= 15 is 0 Å². The third-order valence-corrected chi connectivity index (χ3v) is 4.56. The van der Waals surface area contributed by atoms with Crippen molar-refractivity contribution < 1.29 is 0 Å². The minimum Gasteiger partial charge on any atom is -0.312 e. The Morgan fingerprint density at radius 3 is 2.68 bits per heavy atom. The van der Waals surface area contributed by atoms with Gasteiger partial charge in [-0.1, -0.05) is 6.92 Å². The molecule has 0 aliphatic carbocycles. The smallest absolute Gasteiger partial charge is 0.0624 e. The fraction of sp³-hybridized carbons (Fsp3) is 0.533. The van der Waals surface area contributed by atoms with Crippen molar-refractivity contribution in [2.75, 3.05) is 7.05 Å². The molecule has 4 heteroatoms. The lowest BCUT2D eigenvalue weighted by atomic mass is 10.1. The molecule has 0 aliphatic heterocycles. The lowest BCUT2D eigenvalue weighted by Gasteiger charge is -2.15. The molecule has 1 atom stereocenters. The highest BCUT2D eigenvalue weighted by Gasteiger charge is 2.15. The minimum absolute atomic E-state index is 0.380. The Hall–Kier alpha value is -1.13. The van der Waals surface area contributed by atoms with Crippen LogP contribution in [0.2, 0.25) is 0 Å². The molecule has 0 saturated heterocycles. The van der Waals surface area contributed by atoms with Crippen molar-refractivity contribution in [2.24, 2.45) is 0 Å². The van der Waals surface area contributed by atoms with Gasteiger partial charge in [0.15, 0.2) is 0 Å². The molecular weight excluding hydrogens is 254 g/mol. The first-order valence-corrected chi connectivity index (χ1v) is 7.78. The number of aryl methyl sites for hydroxylation is 3. The zero-order valence-electron chi connectivity index (χ0n) is 12.2. The van der Waals surface area contributed by atoms with Crippen molar-refractivity contribution in [1.82, 2.24) is 15.1 Å². The van der Waals surface area contributed by atoms with Crippen molar-refractivity contribution >= 4 is 11.3 Å². The molecule has 0 aromatic carbocycles. The topological polar surface area (TPSA) is 29.9 Å². The summed E-state index contributed by atoms with van der Waals surface area (Å²) in [5, 5.41) is 8.05. The second kappa shape index (κ2) is 6.35. The molecule has 2 rings (SSSR count). The second-order valence-electron chi connectivity index (χ2n) is 4.79. The van der Waals surface area contributed by atoms with Gasteiger partial charge in [-0.2, -0.15) is 5.10 Å². The molecule has 2 aromatic heterocycles. The van der Waals surface area contributed by atoms with Gasteiger partial charge in [-0.15, -0.1) is 11.3 Å². The number of nitrogens with zero attached hydrogens (tertiary/aromatic N) is 2. The van der Waals surface area contributed by atoms with Gasteiger partial charge < -0.3 is 5.32 Å². The van der Waals surface area contributed by atoms with E-state index in [1.54, 1.807) is 0 Å². The van der Waals surface area contributed by atoms with Gasteiger partial charge in [0.2, 0.25) is 0 Å². The fourth-order valence-corrected chi connectivity index (χ4v) is 3.31. The van der Waals surface area contributed by atoms with Crippen LogP contribution in [0.3, 0.4) is 0 Å². The van der Waals surface area contributed by atoms with Gasteiger partial charge in [0, 0.05) is 34.5 Å². The van der Waals surface area contributed by atoms with E-state index in [4.69, 9.17) is 0 Å². The van der Waals surface area contributed by atoms with Crippen LogP contribution in [0.5, 0.6) is 0 Å². The molecule has 19 heavy (non-hydrogen) atoms. The summed E-state index contributed by atoms with van der Waals surface area (Å²) in [5.74, 6) is 0. The van der Waals surface area contributed by atoms with Gasteiger partial charge in [-0.25, -0.2) is 0 Å². The Morgan fingerprint density at radius 2 is 2.16 bits per heavy atom. The third-order valence-electron chi connectivity index (χ3n) is 3.44. The van der Waals surface area contributed by atoms with Crippen molar-refractivity contribution in [3.05, 3.63) is 39.3 Å². The predicted octanol–water partition coefficient (Wildman–Crippen LogP) is 3.34. The SMILES string of the molecule is CCc1cc(CC(NC)c2ccc(C)s2)n(CC)n1. The van der Waals surface area contributed by atoms with Crippen LogP contribution in [0.1, 0.15) is 41.0 Å². The van der Waals surface area contributed by atoms with Gasteiger partial charge in [-0.05, 0) is 45.5 Å². The maximum absolute atomic E-state index is 4.63. The van der Waals surface area contributed by atoms with Crippen LogP contribution in [-0.4, -0.2) is 16.8 Å². The summed E-state index contributed by atoms with van der Waals surface area (Å²) in [6.07, 6.45) is 2.00. The molecule has 0 saturated carbocycles. The lowest BCUT2D eigenvalue weighted by Crippen LogP contribution is -2.19. The zero-order valence-corrected chi connectivity index (χ0v) is 13.0. The maximum Gasteiger partial charge on any atom is 0.0624 e.